The van der Waals surface area contributed by atoms with E-state index in [0.29, 0.717) is 0 Å². The maximum atomic E-state index is 6.55. The normalized spacial score (nSPS) is 11.5. The molecule has 8 aromatic carbocycles. The van der Waals surface area contributed by atoms with Crippen molar-refractivity contribution >= 4 is 60.5 Å². The van der Waals surface area contributed by atoms with Crippen molar-refractivity contribution in [3.05, 3.63) is 176 Å². The molecular formula is C44H29NO. The number of hydrogen-bond acceptors (Lipinski definition) is 2. The second-order valence-electron chi connectivity index (χ2n) is 11.8. The van der Waals surface area contributed by atoms with E-state index in [1.807, 2.05) is 0 Å². The Bertz CT molecular complexity index is 2510. The Morgan fingerprint density at radius 1 is 0.348 bits per heavy atom. The van der Waals surface area contributed by atoms with Crippen molar-refractivity contribution in [2.45, 2.75) is 0 Å². The third-order valence-electron chi connectivity index (χ3n) is 9.01. The minimum Gasteiger partial charge on any atom is -0.456 e. The van der Waals surface area contributed by atoms with Gasteiger partial charge in [0.05, 0.1) is 0 Å². The Morgan fingerprint density at radius 3 is 1.78 bits per heavy atom. The third-order valence-corrected chi connectivity index (χ3v) is 9.01. The van der Waals surface area contributed by atoms with Gasteiger partial charge in [0.25, 0.3) is 0 Å². The van der Waals surface area contributed by atoms with Crippen LogP contribution in [-0.4, -0.2) is 0 Å². The summed E-state index contributed by atoms with van der Waals surface area (Å²) in [6.07, 6.45) is 0. The molecule has 0 bridgehead atoms. The number of rotatable bonds is 5. The third kappa shape index (κ3) is 4.43. The highest BCUT2D eigenvalue weighted by atomic mass is 16.3. The van der Waals surface area contributed by atoms with Crippen LogP contribution in [0.25, 0.3) is 65.7 Å². The first kappa shape index (κ1) is 26.3. The quantitative estimate of drug-likeness (QED) is 0.199. The van der Waals surface area contributed by atoms with Crippen molar-refractivity contribution in [3.8, 4) is 22.3 Å². The Kier molecular flexibility index (Phi) is 6.17. The lowest BCUT2D eigenvalue weighted by Gasteiger charge is -2.25. The molecule has 0 spiro atoms. The Balaban J connectivity index is 1.22. The Labute approximate surface area is 267 Å². The summed E-state index contributed by atoms with van der Waals surface area (Å²) in [6, 6.07) is 62.7. The second kappa shape index (κ2) is 10.8. The smallest absolute Gasteiger partial charge is 0.136 e. The van der Waals surface area contributed by atoms with E-state index < -0.39 is 0 Å². The Morgan fingerprint density at radius 2 is 0.978 bits per heavy atom. The highest BCUT2D eigenvalue weighted by Gasteiger charge is 2.19. The summed E-state index contributed by atoms with van der Waals surface area (Å²) in [5, 5.41) is 7.14. The van der Waals surface area contributed by atoms with Gasteiger partial charge in [0.2, 0.25) is 0 Å². The average molecular weight is 588 g/mol. The van der Waals surface area contributed by atoms with Crippen molar-refractivity contribution in [1.29, 1.82) is 0 Å². The van der Waals surface area contributed by atoms with Crippen LogP contribution in [0.2, 0.25) is 0 Å². The molecule has 0 atom stereocenters. The number of anilines is 3. The predicted octanol–water partition coefficient (Wildman–Crippen LogP) is 12.7. The van der Waals surface area contributed by atoms with Crippen LogP contribution in [0.1, 0.15) is 0 Å². The standard InChI is InChI=1S/C44H29NO/c1-3-12-32(13-4-1)43-39-18-10-9-15-35(39)28-42-44(43)40-29-38(25-26-41(40)46-42)45(36-16-5-2-6-17-36)37-23-21-31(22-24-37)34-20-19-30-11-7-8-14-33(30)27-34/h1-29H. The molecule has 0 radical (unpaired) electrons. The highest BCUT2D eigenvalue weighted by molar-refractivity contribution is 6.21. The van der Waals surface area contributed by atoms with Gasteiger partial charge in [0, 0.05) is 33.4 Å². The topological polar surface area (TPSA) is 16.4 Å². The lowest BCUT2D eigenvalue weighted by molar-refractivity contribution is 0.669. The van der Waals surface area contributed by atoms with E-state index in [0.717, 1.165) is 39.0 Å². The Hall–Kier alpha value is -6.12. The summed E-state index contributed by atoms with van der Waals surface area (Å²) in [6.45, 7) is 0. The zero-order valence-electron chi connectivity index (χ0n) is 25.1. The summed E-state index contributed by atoms with van der Waals surface area (Å²) < 4.78 is 6.55. The lowest BCUT2D eigenvalue weighted by atomic mass is 9.93. The average Bonchev–Trinajstić information content (AvgIpc) is 3.49. The maximum Gasteiger partial charge on any atom is 0.136 e. The predicted molar refractivity (Wildman–Crippen MR) is 194 cm³/mol. The lowest BCUT2D eigenvalue weighted by Crippen LogP contribution is -2.09. The number of para-hydroxylation sites is 1. The molecule has 0 aliphatic carbocycles. The van der Waals surface area contributed by atoms with Crippen LogP contribution in [0.15, 0.2) is 180 Å². The molecule has 0 aliphatic rings. The van der Waals surface area contributed by atoms with Crippen LogP contribution in [0.4, 0.5) is 17.1 Å². The molecule has 0 saturated heterocycles. The molecule has 1 heterocycles. The summed E-state index contributed by atoms with van der Waals surface area (Å²) in [7, 11) is 0. The summed E-state index contributed by atoms with van der Waals surface area (Å²) >= 11 is 0. The summed E-state index contributed by atoms with van der Waals surface area (Å²) in [5.74, 6) is 0. The van der Waals surface area contributed by atoms with Crippen molar-refractivity contribution in [3.63, 3.8) is 0 Å². The molecular weight excluding hydrogens is 558 g/mol. The molecule has 9 aromatic rings. The van der Waals surface area contributed by atoms with Crippen LogP contribution in [-0.2, 0) is 0 Å². The zero-order valence-corrected chi connectivity index (χ0v) is 25.1. The van der Waals surface area contributed by atoms with Crippen LogP contribution in [0.5, 0.6) is 0 Å². The SMILES string of the molecule is c1ccc(-c2c3ccccc3cc3oc4ccc(N(c5ccccc5)c5ccc(-c6ccc7ccccc7c6)cc5)cc4c23)cc1. The first-order valence-corrected chi connectivity index (χ1v) is 15.7. The van der Waals surface area contributed by atoms with E-state index >= 15 is 0 Å². The molecule has 46 heavy (non-hydrogen) atoms. The zero-order chi connectivity index (χ0) is 30.5. The minimum atomic E-state index is 0.880. The van der Waals surface area contributed by atoms with Gasteiger partial charge in [-0.1, -0.05) is 121 Å². The van der Waals surface area contributed by atoms with E-state index in [9.17, 15) is 0 Å². The van der Waals surface area contributed by atoms with E-state index in [1.54, 1.807) is 0 Å². The van der Waals surface area contributed by atoms with Crippen molar-refractivity contribution < 1.29 is 4.42 Å². The molecule has 1 aromatic heterocycles. The van der Waals surface area contributed by atoms with Crippen LogP contribution >= 0.6 is 0 Å². The van der Waals surface area contributed by atoms with Crippen LogP contribution in [0.3, 0.4) is 0 Å². The molecule has 216 valence electrons. The number of fused-ring (bicyclic) bond motifs is 5. The fraction of sp³-hybridized carbons (Fsp3) is 0. The van der Waals surface area contributed by atoms with E-state index in [1.165, 1.54) is 43.8 Å². The highest BCUT2D eigenvalue weighted by Crippen LogP contribution is 2.44. The molecule has 0 amide bonds. The van der Waals surface area contributed by atoms with Gasteiger partial charge in [-0.3, -0.25) is 0 Å². The monoisotopic (exact) mass is 587 g/mol. The molecule has 2 heteroatoms. The first-order chi connectivity index (χ1) is 22.8. The molecule has 0 unspecified atom stereocenters. The second-order valence-corrected chi connectivity index (χ2v) is 11.8. The fourth-order valence-electron chi connectivity index (χ4n) is 6.83. The molecule has 0 fully saturated rings. The van der Waals surface area contributed by atoms with Crippen molar-refractivity contribution in [2.24, 2.45) is 0 Å². The van der Waals surface area contributed by atoms with E-state index in [-0.39, 0.29) is 0 Å². The van der Waals surface area contributed by atoms with Gasteiger partial charge in [0.1, 0.15) is 11.2 Å². The van der Waals surface area contributed by atoms with Gasteiger partial charge in [-0.15, -0.1) is 0 Å². The molecule has 9 rings (SSSR count). The van der Waals surface area contributed by atoms with Gasteiger partial charge in [-0.25, -0.2) is 0 Å². The van der Waals surface area contributed by atoms with Gasteiger partial charge in [-0.2, -0.15) is 0 Å². The molecule has 2 nitrogen and oxygen atoms in total. The molecule has 0 aliphatic heterocycles. The van der Waals surface area contributed by atoms with Gasteiger partial charge < -0.3 is 9.32 Å². The summed E-state index contributed by atoms with van der Waals surface area (Å²) in [4.78, 5) is 2.33. The summed E-state index contributed by atoms with van der Waals surface area (Å²) in [5.41, 5.74) is 9.84. The largest absolute Gasteiger partial charge is 0.456 e. The molecule has 0 N–H and O–H groups in total. The number of hydrogen-bond donors (Lipinski definition) is 0. The van der Waals surface area contributed by atoms with Crippen LogP contribution in [0, 0.1) is 0 Å². The minimum absolute atomic E-state index is 0.880. The van der Waals surface area contributed by atoms with Crippen molar-refractivity contribution in [1.82, 2.24) is 0 Å². The van der Waals surface area contributed by atoms with Gasteiger partial charge >= 0.3 is 0 Å². The van der Waals surface area contributed by atoms with Gasteiger partial charge in [-0.05, 0) is 92.8 Å². The van der Waals surface area contributed by atoms with Crippen LogP contribution < -0.4 is 4.90 Å². The maximum absolute atomic E-state index is 6.55. The number of furan rings is 1. The number of benzene rings is 8. The first-order valence-electron chi connectivity index (χ1n) is 15.7. The van der Waals surface area contributed by atoms with E-state index in [2.05, 4.69) is 181 Å². The molecule has 0 saturated carbocycles. The van der Waals surface area contributed by atoms with Gasteiger partial charge in [0.15, 0.2) is 0 Å². The number of nitrogens with zero attached hydrogens (tertiary/aromatic N) is 1. The fourth-order valence-corrected chi connectivity index (χ4v) is 6.83. The van der Waals surface area contributed by atoms with E-state index in [4.69, 9.17) is 4.42 Å². The van der Waals surface area contributed by atoms with Crippen molar-refractivity contribution in [2.75, 3.05) is 4.90 Å².